The maximum absolute atomic E-state index is 13.7. The average Bonchev–Trinajstić information content (AvgIpc) is 2.57. The number of halogens is 2. The molecular weight excluding hydrogens is 387 g/mol. The topological polar surface area (TPSA) is 70.7 Å². The van der Waals surface area contributed by atoms with E-state index in [0.717, 1.165) is 11.3 Å². The molecule has 0 aliphatic carbocycles. The van der Waals surface area contributed by atoms with E-state index in [1.807, 2.05) is 19.1 Å². The molecule has 0 saturated heterocycles. The summed E-state index contributed by atoms with van der Waals surface area (Å²) in [5, 5.41) is 3.22. The van der Waals surface area contributed by atoms with Crippen LogP contribution >= 0.6 is 15.9 Å². The van der Waals surface area contributed by atoms with Crippen LogP contribution in [0.4, 0.5) is 10.2 Å². The van der Waals surface area contributed by atoms with Gasteiger partial charge in [0.15, 0.2) is 5.82 Å². The molecule has 0 saturated carbocycles. The van der Waals surface area contributed by atoms with E-state index >= 15 is 0 Å². The van der Waals surface area contributed by atoms with E-state index in [0.29, 0.717) is 34.6 Å². The number of hydrogen-bond donors (Lipinski definition) is 2. The first-order chi connectivity index (χ1) is 12.0. The van der Waals surface area contributed by atoms with Gasteiger partial charge in [0, 0.05) is 36.1 Å². The van der Waals surface area contributed by atoms with Gasteiger partial charge in [-0.3, -0.25) is 4.79 Å². The number of anilines is 1. The molecule has 0 aliphatic rings. The first kappa shape index (κ1) is 17.3. The number of aromatic nitrogens is 3. The molecule has 5 nitrogen and oxygen atoms in total. The number of H-pyrrole nitrogens is 1. The molecule has 0 spiro atoms. The van der Waals surface area contributed by atoms with Crippen LogP contribution in [0.2, 0.25) is 0 Å². The van der Waals surface area contributed by atoms with Gasteiger partial charge in [0.05, 0.1) is 4.47 Å². The van der Waals surface area contributed by atoms with Gasteiger partial charge >= 0.3 is 0 Å². The van der Waals surface area contributed by atoms with E-state index in [4.69, 9.17) is 0 Å². The minimum Gasteiger partial charge on any atom is -0.370 e. The van der Waals surface area contributed by atoms with E-state index < -0.39 is 0 Å². The predicted octanol–water partition coefficient (Wildman–Crippen LogP) is 3.70. The highest BCUT2D eigenvalue weighted by Crippen LogP contribution is 2.23. The number of aryl methyl sites for hydroxylation is 1. The molecule has 0 bridgehead atoms. The zero-order chi connectivity index (χ0) is 17.8. The highest BCUT2D eigenvalue weighted by molar-refractivity contribution is 9.10. The highest BCUT2D eigenvalue weighted by atomic mass is 79.9. The van der Waals surface area contributed by atoms with Crippen LogP contribution in [0.1, 0.15) is 11.3 Å². The second-order valence-electron chi connectivity index (χ2n) is 5.59. The fraction of sp³-hybridized carbons (Fsp3) is 0.167. The second kappa shape index (κ2) is 7.57. The average molecular weight is 403 g/mol. The normalized spacial score (nSPS) is 10.7. The number of benzene rings is 1. The Morgan fingerprint density at radius 3 is 2.80 bits per heavy atom. The second-order valence-corrected chi connectivity index (χ2v) is 6.44. The Morgan fingerprint density at radius 2 is 2.04 bits per heavy atom. The van der Waals surface area contributed by atoms with Crippen LogP contribution in [0, 0.1) is 12.7 Å². The fourth-order valence-electron chi connectivity index (χ4n) is 2.40. The molecule has 1 aromatic carbocycles. The van der Waals surface area contributed by atoms with Crippen LogP contribution in [-0.4, -0.2) is 21.5 Å². The number of nitrogens with zero attached hydrogens (tertiary/aromatic N) is 2. The molecule has 3 rings (SSSR count). The maximum Gasteiger partial charge on any atom is 0.248 e. The van der Waals surface area contributed by atoms with Crippen molar-refractivity contribution in [1.29, 1.82) is 0 Å². The smallest absolute Gasteiger partial charge is 0.248 e. The highest BCUT2D eigenvalue weighted by Gasteiger charge is 2.08. The summed E-state index contributed by atoms with van der Waals surface area (Å²) in [6.45, 7) is 2.48. The standard InChI is InChI=1S/C18H16BrFN4O/c1-11-8-16(21-6-4-12-5-7-22-17(25)9-12)24-18(23-11)13-2-3-14(19)15(20)10-13/h2-3,5,7-10H,4,6H2,1H3,(H,22,25)(H,21,23,24). The Labute approximate surface area is 152 Å². The summed E-state index contributed by atoms with van der Waals surface area (Å²) in [5.74, 6) is 0.770. The molecule has 0 radical (unpaired) electrons. The van der Waals surface area contributed by atoms with Crippen molar-refractivity contribution in [2.45, 2.75) is 13.3 Å². The van der Waals surface area contributed by atoms with Gasteiger partial charge in [-0.1, -0.05) is 0 Å². The van der Waals surface area contributed by atoms with Gasteiger partial charge in [-0.05, 0) is 59.1 Å². The van der Waals surface area contributed by atoms with Crippen molar-refractivity contribution in [3.05, 3.63) is 74.5 Å². The van der Waals surface area contributed by atoms with Gasteiger partial charge in [0.25, 0.3) is 0 Å². The van der Waals surface area contributed by atoms with Crippen LogP contribution in [0.15, 0.2) is 51.9 Å². The van der Waals surface area contributed by atoms with Gasteiger partial charge < -0.3 is 10.3 Å². The maximum atomic E-state index is 13.7. The van der Waals surface area contributed by atoms with Gasteiger partial charge in [0.1, 0.15) is 11.6 Å². The number of pyridine rings is 1. The van der Waals surface area contributed by atoms with Crippen molar-refractivity contribution in [3.8, 4) is 11.4 Å². The third-order valence-electron chi connectivity index (χ3n) is 3.59. The number of hydrogen-bond acceptors (Lipinski definition) is 4. The summed E-state index contributed by atoms with van der Waals surface area (Å²) in [7, 11) is 0. The SMILES string of the molecule is Cc1cc(NCCc2cc[nH]c(=O)c2)nc(-c2ccc(Br)c(F)c2)n1. The van der Waals surface area contributed by atoms with Gasteiger partial charge in [0.2, 0.25) is 5.56 Å². The lowest BCUT2D eigenvalue weighted by Crippen LogP contribution is -2.10. The molecule has 2 N–H and O–H groups in total. The monoisotopic (exact) mass is 402 g/mol. The Kier molecular flexibility index (Phi) is 5.23. The molecule has 0 amide bonds. The Bertz CT molecular complexity index is 958. The van der Waals surface area contributed by atoms with Gasteiger partial charge in [-0.15, -0.1) is 0 Å². The van der Waals surface area contributed by atoms with Gasteiger partial charge in [-0.25, -0.2) is 14.4 Å². The lowest BCUT2D eigenvalue weighted by Gasteiger charge is -2.09. The third kappa shape index (κ3) is 4.51. The van der Waals surface area contributed by atoms with Crippen molar-refractivity contribution in [3.63, 3.8) is 0 Å². The molecule has 0 fully saturated rings. The molecule has 128 valence electrons. The molecule has 3 aromatic rings. The first-order valence-electron chi connectivity index (χ1n) is 7.74. The lowest BCUT2D eigenvalue weighted by atomic mass is 10.2. The Morgan fingerprint density at radius 1 is 1.20 bits per heavy atom. The van der Waals surface area contributed by atoms with Gasteiger partial charge in [-0.2, -0.15) is 0 Å². The quantitative estimate of drug-likeness (QED) is 0.682. The van der Waals surface area contributed by atoms with Crippen molar-refractivity contribution in [1.82, 2.24) is 15.0 Å². The largest absolute Gasteiger partial charge is 0.370 e. The first-order valence-corrected chi connectivity index (χ1v) is 8.53. The minimum atomic E-state index is -0.355. The summed E-state index contributed by atoms with van der Waals surface area (Å²) >= 11 is 3.14. The Balaban J connectivity index is 1.75. The summed E-state index contributed by atoms with van der Waals surface area (Å²) < 4.78 is 14.1. The van der Waals surface area contributed by atoms with E-state index in [9.17, 15) is 9.18 Å². The molecule has 0 aliphatic heterocycles. The van der Waals surface area contributed by atoms with Crippen LogP contribution in [0.5, 0.6) is 0 Å². The van der Waals surface area contributed by atoms with E-state index in [2.05, 4.69) is 36.2 Å². The molecule has 2 aromatic heterocycles. The van der Waals surface area contributed by atoms with Crippen LogP contribution < -0.4 is 10.9 Å². The van der Waals surface area contributed by atoms with Crippen molar-refractivity contribution < 1.29 is 4.39 Å². The number of rotatable bonds is 5. The summed E-state index contributed by atoms with van der Waals surface area (Å²) in [4.78, 5) is 22.7. The number of nitrogens with one attached hydrogen (secondary N) is 2. The third-order valence-corrected chi connectivity index (χ3v) is 4.23. The summed E-state index contributed by atoms with van der Waals surface area (Å²) in [6.07, 6.45) is 2.32. The van der Waals surface area contributed by atoms with E-state index in [-0.39, 0.29) is 11.4 Å². The van der Waals surface area contributed by atoms with Crippen LogP contribution in [0.25, 0.3) is 11.4 Å². The Hall–Kier alpha value is -2.54. The fourth-order valence-corrected chi connectivity index (χ4v) is 2.65. The van der Waals surface area contributed by atoms with E-state index in [1.54, 1.807) is 24.4 Å². The molecular formula is C18H16BrFN4O. The molecule has 0 atom stereocenters. The van der Waals surface area contributed by atoms with Crippen LogP contribution in [-0.2, 0) is 6.42 Å². The molecule has 2 heterocycles. The lowest BCUT2D eigenvalue weighted by molar-refractivity contribution is 0.621. The van der Waals surface area contributed by atoms with E-state index in [1.165, 1.54) is 6.07 Å². The summed E-state index contributed by atoms with van der Waals surface area (Å²) in [5.41, 5.74) is 2.22. The van der Waals surface area contributed by atoms with Crippen molar-refractivity contribution in [2.24, 2.45) is 0 Å². The van der Waals surface area contributed by atoms with Crippen LogP contribution in [0.3, 0.4) is 0 Å². The molecule has 25 heavy (non-hydrogen) atoms. The van der Waals surface area contributed by atoms with Crippen molar-refractivity contribution in [2.75, 3.05) is 11.9 Å². The predicted molar refractivity (Wildman–Crippen MR) is 99.1 cm³/mol. The molecule has 0 unspecified atom stereocenters. The van der Waals surface area contributed by atoms with Crippen molar-refractivity contribution >= 4 is 21.7 Å². The zero-order valence-electron chi connectivity index (χ0n) is 13.5. The number of aromatic amines is 1. The molecule has 7 heteroatoms. The summed E-state index contributed by atoms with van der Waals surface area (Å²) in [6, 6.07) is 10.1. The zero-order valence-corrected chi connectivity index (χ0v) is 15.1. The minimum absolute atomic E-state index is 0.116.